The fourth-order valence-corrected chi connectivity index (χ4v) is 2.85. The molecule has 0 unspecified atom stereocenters. The summed E-state index contributed by atoms with van der Waals surface area (Å²) in [6.45, 7) is 4.34. The van der Waals surface area contributed by atoms with Crippen molar-refractivity contribution in [3.63, 3.8) is 0 Å². The van der Waals surface area contributed by atoms with Crippen molar-refractivity contribution in [1.82, 2.24) is 5.32 Å². The number of amides is 1. The maximum absolute atomic E-state index is 12.8. The zero-order chi connectivity index (χ0) is 17.4. The van der Waals surface area contributed by atoms with Crippen LogP contribution in [0.3, 0.4) is 0 Å². The van der Waals surface area contributed by atoms with Crippen molar-refractivity contribution >= 4 is 17.7 Å². The molecule has 128 valence electrons. The first-order chi connectivity index (χ1) is 11.5. The van der Waals surface area contributed by atoms with E-state index in [-0.39, 0.29) is 11.7 Å². The topological polar surface area (TPSA) is 38.3 Å². The van der Waals surface area contributed by atoms with E-state index in [0.717, 1.165) is 11.5 Å². The summed E-state index contributed by atoms with van der Waals surface area (Å²) in [6.07, 6.45) is -0.613. The van der Waals surface area contributed by atoms with Crippen molar-refractivity contribution in [3.8, 4) is 5.75 Å². The second-order valence-corrected chi connectivity index (χ2v) is 6.65. The number of benzene rings is 2. The molecular formula is C19H22FNO2S. The van der Waals surface area contributed by atoms with E-state index in [1.807, 2.05) is 0 Å². The molecule has 3 nitrogen and oxygen atoms in total. The number of hydrogen-bond donors (Lipinski definition) is 1. The van der Waals surface area contributed by atoms with Crippen LogP contribution in [-0.4, -0.2) is 24.3 Å². The van der Waals surface area contributed by atoms with Gasteiger partial charge in [0.1, 0.15) is 11.6 Å². The van der Waals surface area contributed by atoms with Crippen LogP contribution in [0.1, 0.15) is 18.1 Å². The van der Waals surface area contributed by atoms with E-state index in [9.17, 15) is 9.18 Å². The molecular weight excluding hydrogens is 325 g/mol. The number of rotatable bonds is 8. The van der Waals surface area contributed by atoms with Crippen LogP contribution in [0.2, 0.25) is 0 Å². The molecule has 0 bridgehead atoms. The Morgan fingerprint density at radius 1 is 1.17 bits per heavy atom. The maximum atomic E-state index is 12.8. The van der Waals surface area contributed by atoms with Crippen molar-refractivity contribution in [2.24, 2.45) is 0 Å². The van der Waals surface area contributed by atoms with Gasteiger partial charge in [0.25, 0.3) is 5.91 Å². The molecule has 0 aliphatic heterocycles. The summed E-state index contributed by atoms with van der Waals surface area (Å²) in [6, 6.07) is 14.1. The minimum Gasteiger partial charge on any atom is -0.481 e. The number of hydrogen-bond acceptors (Lipinski definition) is 3. The Hall–Kier alpha value is -2.01. The van der Waals surface area contributed by atoms with Crippen LogP contribution in [0.25, 0.3) is 0 Å². The summed E-state index contributed by atoms with van der Waals surface area (Å²) in [5, 5.41) is 2.85. The molecule has 0 spiro atoms. The van der Waals surface area contributed by atoms with Crippen LogP contribution < -0.4 is 10.1 Å². The molecule has 2 aromatic rings. The van der Waals surface area contributed by atoms with Crippen LogP contribution in [0.5, 0.6) is 5.75 Å². The zero-order valence-electron chi connectivity index (χ0n) is 13.9. The highest BCUT2D eigenvalue weighted by molar-refractivity contribution is 7.98. The molecule has 1 N–H and O–H groups in total. The molecule has 1 atom stereocenters. The number of carbonyl (C=O) groups is 1. The lowest BCUT2D eigenvalue weighted by Gasteiger charge is -2.14. The van der Waals surface area contributed by atoms with Gasteiger partial charge in [-0.3, -0.25) is 4.79 Å². The number of aryl methyl sites for hydroxylation is 1. The molecule has 0 aliphatic carbocycles. The molecule has 0 saturated heterocycles. The first-order valence-corrected chi connectivity index (χ1v) is 9.03. The first-order valence-electron chi connectivity index (χ1n) is 7.88. The van der Waals surface area contributed by atoms with Gasteiger partial charge in [0.15, 0.2) is 6.10 Å². The molecule has 24 heavy (non-hydrogen) atoms. The van der Waals surface area contributed by atoms with E-state index in [4.69, 9.17) is 4.74 Å². The van der Waals surface area contributed by atoms with E-state index in [0.29, 0.717) is 12.3 Å². The minimum absolute atomic E-state index is 0.171. The molecule has 0 aromatic heterocycles. The van der Waals surface area contributed by atoms with E-state index in [2.05, 4.69) is 36.5 Å². The van der Waals surface area contributed by atoms with Crippen LogP contribution in [0.4, 0.5) is 4.39 Å². The van der Waals surface area contributed by atoms with Gasteiger partial charge < -0.3 is 10.1 Å². The molecule has 0 aliphatic rings. The Morgan fingerprint density at radius 3 is 2.50 bits per heavy atom. The summed E-state index contributed by atoms with van der Waals surface area (Å²) in [5.74, 6) is 1.74. The molecule has 2 aromatic carbocycles. The minimum atomic E-state index is -0.613. The predicted molar refractivity (Wildman–Crippen MR) is 96.8 cm³/mol. The highest BCUT2D eigenvalue weighted by Gasteiger charge is 2.13. The molecule has 0 heterocycles. The molecule has 1 amide bonds. The second-order valence-electron chi connectivity index (χ2n) is 5.54. The van der Waals surface area contributed by atoms with Gasteiger partial charge in [-0.1, -0.05) is 29.8 Å². The van der Waals surface area contributed by atoms with Crippen molar-refractivity contribution < 1.29 is 13.9 Å². The summed E-state index contributed by atoms with van der Waals surface area (Å²) in [7, 11) is 0. The van der Waals surface area contributed by atoms with E-state index < -0.39 is 6.10 Å². The van der Waals surface area contributed by atoms with Crippen LogP contribution in [-0.2, 0) is 10.5 Å². The lowest BCUT2D eigenvalue weighted by Crippen LogP contribution is -2.37. The zero-order valence-corrected chi connectivity index (χ0v) is 14.7. The van der Waals surface area contributed by atoms with Crippen molar-refractivity contribution in [3.05, 3.63) is 65.5 Å². The molecule has 2 rings (SSSR count). The van der Waals surface area contributed by atoms with Gasteiger partial charge in [0.2, 0.25) is 0 Å². The van der Waals surface area contributed by atoms with Gasteiger partial charge in [0, 0.05) is 18.1 Å². The fraction of sp³-hybridized carbons (Fsp3) is 0.316. The Kier molecular flexibility index (Phi) is 7.12. The number of ether oxygens (including phenoxy) is 1. The molecule has 0 radical (unpaired) electrons. The number of thioether (sulfide) groups is 1. The maximum Gasteiger partial charge on any atom is 0.260 e. The van der Waals surface area contributed by atoms with Gasteiger partial charge in [-0.25, -0.2) is 4.39 Å². The van der Waals surface area contributed by atoms with Gasteiger partial charge in [0.05, 0.1) is 0 Å². The Bertz CT molecular complexity index is 643. The second kappa shape index (κ2) is 9.33. The summed E-state index contributed by atoms with van der Waals surface area (Å²) in [4.78, 5) is 12.0. The highest BCUT2D eigenvalue weighted by atomic mass is 32.2. The van der Waals surface area contributed by atoms with E-state index in [1.165, 1.54) is 35.4 Å². The van der Waals surface area contributed by atoms with Crippen LogP contribution in [0, 0.1) is 12.7 Å². The first kappa shape index (κ1) is 18.3. The smallest absolute Gasteiger partial charge is 0.260 e. The van der Waals surface area contributed by atoms with E-state index >= 15 is 0 Å². The van der Waals surface area contributed by atoms with Crippen molar-refractivity contribution in [2.75, 3.05) is 12.3 Å². The molecule has 5 heteroatoms. The normalized spacial score (nSPS) is 11.8. The third kappa shape index (κ3) is 6.24. The third-order valence-electron chi connectivity index (χ3n) is 3.43. The number of carbonyl (C=O) groups excluding carboxylic acids is 1. The van der Waals surface area contributed by atoms with Gasteiger partial charge in [-0.05, 0) is 43.7 Å². The largest absolute Gasteiger partial charge is 0.481 e. The van der Waals surface area contributed by atoms with Crippen LogP contribution >= 0.6 is 11.8 Å². The van der Waals surface area contributed by atoms with Gasteiger partial charge in [-0.15, -0.1) is 0 Å². The molecule has 0 fully saturated rings. The third-order valence-corrected chi connectivity index (χ3v) is 4.46. The number of nitrogens with one attached hydrogen (secondary N) is 1. The van der Waals surface area contributed by atoms with Gasteiger partial charge in [-0.2, -0.15) is 11.8 Å². The lowest BCUT2D eigenvalue weighted by molar-refractivity contribution is -0.127. The highest BCUT2D eigenvalue weighted by Crippen LogP contribution is 2.14. The standard InChI is InChI=1S/C19H22FNO2S/c1-14-3-5-16(6-4-14)13-24-12-11-21-19(22)15(2)23-18-9-7-17(20)8-10-18/h3-10,15H,11-13H2,1-2H3,(H,21,22)/t15-/m0/s1. The Morgan fingerprint density at radius 2 is 1.83 bits per heavy atom. The quantitative estimate of drug-likeness (QED) is 0.735. The average Bonchev–Trinajstić information content (AvgIpc) is 2.58. The Balaban J connectivity index is 1.63. The monoisotopic (exact) mass is 347 g/mol. The average molecular weight is 347 g/mol. The summed E-state index contributed by atoms with van der Waals surface area (Å²) < 4.78 is 18.3. The fourth-order valence-electron chi connectivity index (χ4n) is 2.04. The van der Waals surface area contributed by atoms with Crippen LogP contribution in [0.15, 0.2) is 48.5 Å². The van der Waals surface area contributed by atoms with E-state index in [1.54, 1.807) is 18.7 Å². The molecule has 0 saturated carbocycles. The van der Waals surface area contributed by atoms with Crippen molar-refractivity contribution in [1.29, 1.82) is 0 Å². The lowest BCUT2D eigenvalue weighted by atomic mass is 10.2. The SMILES string of the molecule is Cc1ccc(CSCCNC(=O)[C@H](C)Oc2ccc(F)cc2)cc1. The number of halogens is 1. The Labute approximate surface area is 146 Å². The van der Waals surface area contributed by atoms with Crippen molar-refractivity contribution in [2.45, 2.75) is 25.7 Å². The summed E-state index contributed by atoms with van der Waals surface area (Å²) >= 11 is 1.77. The van der Waals surface area contributed by atoms with Gasteiger partial charge >= 0.3 is 0 Å². The summed E-state index contributed by atoms with van der Waals surface area (Å²) in [5.41, 5.74) is 2.54. The predicted octanol–water partition coefficient (Wildman–Crippen LogP) is 3.95.